The molecule has 1 heterocycles. The quantitative estimate of drug-likeness (QED) is 0.0152. The second-order valence-electron chi connectivity index (χ2n) is 35.4. The molecule has 0 amide bonds. The van der Waals surface area contributed by atoms with E-state index in [1.807, 2.05) is 74.5 Å². The SMILES string of the molecule is CCC(=O)OCCCCCCCCOc1ccc(OCCCCCCCCOC(=O)CC)c(C(=O)OCCCCCCOC2CCCCO2)c1.CCCCCC1CCC(c2ccc(OC(=O)c3ccc(OCCCCCCCCOC(=O)CC)cc3)cc2)CC1.CCCCCC1CCC(c2ccc(OC(=O)c3ccc(OCCCCCCCCOC(=O)CC)cc3)cc2)CC1. The number of carbonyl (C=O) groups excluding carboxylic acids is 7. The van der Waals surface area contributed by atoms with Crippen LogP contribution in [-0.2, 0) is 52.3 Å². The lowest BCUT2D eigenvalue weighted by Gasteiger charge is -2.29. The molecule has 20 nitrogen and oxygen atoms in total. The summed E-state index contributed by atoms with van der Waals surface area (Å²) < 4.78 is 72.5. The van der Waals surface area contributed by atoms with Gasteiger partial charge in [0.2, 0.25) is 0 Å². The van der Waals surface area contributed by atoms with Crippen molar-refractivity contribution in [3.8, 4) is 34.5 Å². The topological polar surface area (TPSA) is 239 Å². The lowest BCUT2D eigenvalue weighted by atomic mass is 9.77. The molecule has 8 rings (SSSR count). The Hall–Kier alpha value is -8.49. The Balaban J connectivity index is 0.000000303. The van der Waals surface area contributed by atoms with Crippen LogP contribution in [0.1, 0.15) is 423 Å². The second-order valence-corrected chi connectivity index (χ2v) is 35.4. The van der Waals surface area contributed by atoms with Crippen LogP contribution in [0.4, 0.5) is 0 Å². The predicted octanol–water partition coefficient (Wildman–Crippen LogP) is 28.2. The van der Waals surface area contributed by atoms with Gasteiger partial charge in [-0.25, -0.2) is 14.4 Å². The molecule has 1 atom stereocenters. The molecule has 5 aromatic carbocycles. The molecule has 1 aliphatic heterocycles. The molecular weight excluding hydrogens is 1640 g/mol. The van der Waals surface area contributed by atoms with Gasteiger partial charge < -0.3 is 61.6 Å². The third-order valence-corrected chi connectivity index (χ3v) is 24.7. The van der Waals surface area contributed by atoms with E-state index in [0.29, 0.717) is 143 Å². The van der Waals surface area contributed by atoms with Gasteiger partial charge in [0.15, 0.2) is 6.29 Å². The Morgan fingerprint density at radius 3 is 0.946 bits per heavy atom. The van der Waals surface area contributed by atoms with Crippen LogP contribution in [0, 0.1) is 11.8 Å². The van der Waals surface area contributed by atoms with Gasteiger partial charge in [0, 0.05) is 38.9 Å². The van der Waals surface area contributed by atoms with Crippen LogP contribution in [0.5, 0.6) is 34.5 Å². The number of esters is 7. The molecular formula is C110H166O20. The number of unbranched alkanes of at least 4 members (excludes halogenated alkanes) is 27. The third-order valence-electron chi connectivity index (χ3n) is 24.7. The van der Waals surface area contributed by atoms with Crippen LogP contribution >= 0.6 is 0 Å². The van der Waals surface area contributed by atoms with Gasteiger partial charge in [-0.15, -0.1) is 0 Å². The minimum atomic E-state index is -0.392. The zero-order valence-electron chi connectivity index (χ0n) is 80.9. The Morgan fingerprint density at radius 1 is 0.285 bits per heavy atom. The van der Waals surface area contributed by atoms with Crippen molar-refractivity contribution in [3.63, 3.8) is 0 Å². The van der Waals surface area contributed by atoms with Gasteiger partial charge in [-0.05, 0) is 267 Å². The van der Waals surface area contributed by atoms with Gasteiger partial charge >= 0.3 is 41.8 Å². The maximum Gasteiger partial charge on any atom is 0.343 e. The molecule has 1 unspecified atom stereocenters. The highest BCUT2D eigenvalue weighted by molar-refractivity contribution is 5.93. The van der Waals surface area contributed by atoms with E-state index in [2.05, 4.69) is 38.1 Å². The zero-order valence-corrected chi connectivity index (χ0v) is 80.9. The van der Waals surface area contributed by atoms with Crippen molar-refractivity contribution in [2.75, 3.05) is 72.7 Å². The van der Waals surface area contributed by atoms with Crippen molar-refractivity contribution in [3.05, 3.63) is 143 Å². The van der Waals surface area contributed by atoms with Crippen LogP contribution in [0.2, 0.25) is 0 Å². The average molecular weight is 1810 g/mol. The first kappa shape index (κ1) is 110. The van der Waals surface area contributed by atoms with Crippen molar-refractivity contribution in [2.24, 2.45) is 11.8 Å². The molecule has 5 aromatic rings. The highest BCUT2D eigenvalue weighted by Crippen LogP contribution is 2.40. The molecule has 1 saturated heterocycles. The molecule has 0 N–H and O–H groups in total. The predicted molar refractivity (Wildman–Crippen MR) is 516 cm³/mol. The van der Waals surface area contributed by atoms with E-state index in [9.17, 15) is 33.6 Å². The summed E-state index contributed by atoms with van der Waals surface area (Å²) >= 11 is 0. The molecule has 2 aliphatic carbocycles. The van der Waals surface area contributed by atoms with E-state index >= 15 is 0 Å². The average Bonchev–Trinajstić information content (AvgIpc) is 0.847. The van der Waals surface area contributed by atoms with E-state index in [0.717, 1.165) is 223 Å². The summed E-state index contributed by atoms with van der Waals surface area (Å²) in [5, 5.41) is 0. The summed E-state index contributed by atoms with van der Waals surface area (Å²) in [7, 11) is 0. The van der Waals surface area contributed by atoms with Crippen LogP contribution in [0.3, 0.4) is 0 Å². The van der Waals surface area contributed by atoms with E-state index in [1.165, 1.54) is 120 Å². The van der Waals surface area contributed by atoms with Crippen molar-refractivity contribution < 1.29 is 95.1 Å². The highest BCUT2D eigenvalue weighted by Gasteiger charge is 2.26. The lowest BCUT2D eigenvalue weighted by Crippen LogP contribution is -2.22. The van der Waals surface area contributed by atoms with Gasteiger partial charge in [-0.1, -0.05) is 226 Å². The van der Waals surface area contributed by atoms with Gasteiger partial charge in [0.05, 0.1) is 70.6 Å². The molecule has 3 fully saturated rings. The smallest absolute Gasteiger partial charge is 0.343 e. The number of benzene rings is 5. The number of carbonyl (C=O) groups is 7. The Bertz CT molecular complexity index is 3580. The van der Waals surface area contributed by atoms with E-state index < -0.39 is 5.97 Å². The first-order chi connectivity index (χ1) is 63.7. The minimum Gasteiger partial charge on any atom is -0.494 e. The van der Waals surface area contributed by atoms with Crippen molar-refractivity contribution in [1.29, 1.82) is 0 Å². The molecule has 3 aliphatic rings. The summed E-state index contributed by atoms with van der Waals surface area (Å²) in [5.41, 5.74) is 4.16. The monoisotopic (exact) mass is 1810 g/mol. The van der Waals surface area contributed by atoms with Crippen molar-refractivity contribution >= 4 is 41.8 Å². The summed E-state index contributed by atoms with van der Waals surface area (Å²) in [4.78, 5) is 83.1. The van der Waals surface area contributed by atoms with E-state index in [4.69, 9.17) is 61.6 Å². The standard InChI is InChI=1S/C40H66O10.2C35H50O5/c1-3-37(41)46-28-18-11-7-5-9-16-26-44-34-24-25-36(45-27-17-10-6-8-12-19-29-47-38(42)4-2)35(33-34)40(43)50-32-21-14-13-20-30-48-39-23-15-22-31-49-39;2*1-3-5-10-13-28-14-16-29(17-15-28)30-18-24-33(25-19-30)40-35(37)31-20-22-32(23-21-31)38-26-11-8-6-7-9-12-27-39-34(36)4-2/h24-25,33,39H,3-23,26-32H2,1-2H3;2*18-25,28-29H,3-17,26-27H2,1-2H3. The molecule has 0 radical (unpaired) electrons. The summed E-state index contributed by atoms with van der Waals surface area (Å²) in [6.07, 6.45) is 55.0. The fourth-order valence-electron chi connectivity index (χ4n) is 16.5. The maximum absolute atomic E-state index is 13.2. The molecule has 0 aromatic heterocycles. The molecule has 726 valence electrons. The number of hydrogen-bond donors (Lipinski definition) is 0. The van der Waals surface area contributed by atoms with Gasteiger partial charge in [0.1, 0.15) is 40.1 Å². The van der Waals surface area contributed by atoms with Gasteiger partial charge in [-0.2, -0.15) is 0 Å². The fraction of sp³-hybridized carbons (Fsp3) is 0.664. The first-order valence-corrected chi connectivity index (χ1v) is 51.2. The second kappa shape index (κ2) is 72.1. The van der Waals surface area contributed by atoms with Crippen molar-refractivity contribution in [2.45, 2.75) is 387 Å². The first-order valence-electron chi connectivity index (χ1n) is 51.2. The highest BCUT2D eigenvalue weighted by atomic mass is 16.7. The molecule has 0 spiro atoms. The van der Waals surface area contributed by atoms with Crippen LogP contribution < -0.4 is 28.4 Å². The number of ether oxygens (including phenoxy) is 13. The fourth-order valence-corrected chi connectivity index (χ4v) is 16.5. The summed E-state index contributed by atoms with van der Waals surface area (Å²) in [6.45, 7) is 18.1. The Labute approximate surface area is 781 Å². The van der Waals surface area contributed by atoms with Gasteiger partial charge in [0.25, 0.3) is 0 Å². The largest absolute Gasteiger partial charge is 0.494 e. The van der Waals surface area contributed by atoms with E-state index in [1.54, 1.807) is 44.2 Å². The lowest BCUT2D eigenvalue weighted by molar-refractivity contribution is -0.162. The number of hydrogen-bond acceptors (Lipinski definition) is 20. The molecule has 2 saturated carbocycles. The number of rotatable bonds is 67. The van der Waals surface area contributed by atoms with Crippen LogP contribution in [-0.4, -0.2) is 121 Å². The minimum absolute atomic E-state index is 0.0451. The van der Waals surface area contributed by atoms with Gasteiger partial charge in [-0.3, -0.25) is 19.2 Å². The summed E-state index contributed by atoms with van der Waals surface area (Å²) in [5.74, 6) is 5.32. The van der Waals surface area contributed by atoms with Crippen molar-refractivity contribution in [1.82, 2.24) is 0 Å². The van der Waals surface area contributed by atoms with E-state index in [-0.39, 0.29) is 42.1 Å². The normalized spacial score (nSPS) is 15.8. The summed E-state index contributed by atoms with van der Waals surface area (Å²) in [6, 6.07) is 36.0. The maximum atomic E-state index is 13.2. The third kappa shape index (κ3) is 50.9. The molecule has 0 bridgehead atoms. The Morgan fingerprint density at radius 2 is 0.600 bits per heavy atom. The van der Waals surface area contributed by atoms with Crippen LogP contribution in [0.15, 0.2) is 115 Å². The molecule has 20 heteroatoms. The van der Waals surface area contributed by atoms with Crippen LogP contribution in [0.25, 0.3) is 0 Å². The molecule has 130 heavy (non-hydrogen) atoms. The zero-order chi connectivity index (χ0) is 92.7. The Kier molecular flexibility index (Phi) is 61.1.